The first-order valence-corrected chi connectivity index (χ1v) is 10.8. The van der Waals surface area contributed by atoms with Crippen LogP contribution in [0.5, 0.6) is 0 Å². The number of anilines is 1. The lowest BCUT2D eigenvalue weighted by molar-refractivity contribution is -0.0312. The molecule has 0 amide bonds. The lowest BCUT2D eigenvalue weighted by atomic mass is 9.96. The predicted octanol–water partition coefficient (Wildman–Crippen LogP) is 4.57. The van der Waals surface area contributed by atoms with Gasteiger partial charge in [-0.25, -0.2) is 0 Å². The van der Waals surface area contributed by atoms with Gasteiger partial charge in [-0.3, -0.25) is 9.98 Å². The van der Waals surface area contributed by atoms with Crippen LogP contribution < -0.4 is 5.32 Å². The Morgan fingerprint density at radius 3 is 2.65 bits per heavy atom. The van der Waals surface area contributed by atoms with Crippen molar-refractivity contribution in [3.05, 3.63) is 94.8 Å². The smallest absolute Gasteiger partial charge is 0.124 e. The quantitative estimate of drug-likeness (QED) is 0.616. The minimum atomic E-state index is -0.159. The first-order chi connectivity index (χ1) is 15.3. The maximum absolute atomic E-state index is 5.68. The molecule has 0 radical (unpaired) electrons. The van der Waals surface area contributed by atoms with E-state index in [2.05, 4.69) is 52.8 Å². The van der Waals surface area contributed by atoms with Gasteiger partial charge in [0.15, 0.2) is 0 Å². The van der Waals surface area contributed by atoms with Crippen LogP contribution in [0.15, 0.2) is 71.9 Å². The van der Waals surface area contributed by atoms with Crippen molar-refractivity contribution in [1.82, 2.24) is 4.98 Å². The number of rotatable bonds is 7. The molecule has 0 aliphatic carbocycles. The topological polar surface area (TPSA) is 55.7 Å². The molecule has 158 valence electrons. The zero-order chi connectivity index (χ0) is 21.0. The van der Waals surface area contributed by atoms with E-state index in [4.69, 9.17) is 14.5 Å². The van der Waals surface area contributed by atoms with Gasteiger partial charge < -0.3 is 14.8 Å². The summed E-state index contributed by atoms with van der Waals surface area (Å²) in [5.41, 5.74) is 7.09. The van der Waals surface area contributed by atoms with Gasteiger partial charge in [0.2, 0.25) is 0 Å². The van der Waals surface area contributed by atoms with Crippen LogP contribution in [0.3, 0.4) is 0 Å². The molecule has 0 spiro atoms. The van der Waals surface area contributed by atoms with Crippen LogP contribution in [0, 0.1) is 5.92 Å². The van der Waals surface area contributed by atoms with Crippen molar-refractivity contribution in [1.29, 1.82) is 0 Å². The van der Waals surface area contributed by atoms with Gasteiger partial charge in [-0.1, -0.05) is 42.5 Å². The van der Waals surface area contributed by atoms with Crippen molar-refractivity contribution in [2.45, 2.75) is 25.5 Å². The van der Waals surface area contributed by atoms with Crippen LogP contribution in [-0.2, 0) is 28.9 Å². The van der Waals surface area contributed by atoms with Gasteiger partial charge in [0.05, 0.1) is 25.5 Å². The van der Waals surface area contributed by atoms with Crippen LogP contribution in [0.1, 0.15) is 34.1 Å². The number of amidine groups is 1. The van der Waals surface area contributed by atoms with E-state index in [0.29, 0.717) is 12.5 Å². The van der Waals surface area contributed by atoms with Gasteiger partial charge in [0, 0.05) is 31.3 Å². The summed E-state index contributed by atoms with van der Waals surface area (Å²) >= 11 is 0. The van der Waals surface area contributed by atoms with E-state index >= 15 is 0 Å². The molecule has 2 aliphatic heterocycles. The average molecular weight is 414 g/mol. The van der Waals surface area contributed by atoms with Crippen LogP contribution in [0.2, 0.25) is 0 Å². The molecule has 1 fully saturated rings. The molecule has 1 atom stereocenters. The van der Waals surface area contributed by atoms with Crippen molar-refractivity contribution in [2.24, 2.45) is 10.9 Å². The third-order valence-electron chi connectivity index (χ3n) is 5.97. The van der Waals surface area contributed by atoms with Gasteiger partial charge in [-0.2, -0.15) is 0 Å². The standard InChI is InChI=1S/C26H27N3O2/c1-30-26(24-4-2-3-11-27-24)21-8-5-18(6-9-21)15-28-25-14-22-13-19(7-10-23(22)29-25)12-20-16-31-17-20/h2-11,13,20,26H,12,14-17H2,1H3,(H,28,29). The van der Waals surface area contributed by atoms with Crippen molar-refractivity contribution in [3.8, 4) is 0 Å². The summed E-state index contributed by atoms with van der Waals surface area (Å²) in [6.45, 7) is 2.45. The maximum Gasteiger partial charge on any atom is 0.124 e. The summed E-state index contributed by atoms with van der Waals surface area (Å²) in [4.78, 5) is 9.25. The first-order valence-electron chi connectivity index (χ1n) is 10.8. The Morgan fingerprint density at radius 1 is 1.10 bits per heavy atom. The fourth-order valence-corrected chi connectivity index (χ4v) is 4.20. The Labute approximate surface area is 183 Å². The number of benzene rings is 2. The molecule has 2 aromatic carbocycles. The van der Waals surface area contributed by atoms with Crippen LogP contribution >= 0.6 is 0 Å². The van der Waals surface area contributed by atoms with Crippen LogP contribution in [0.25, 0.3) is 0 Å². The summed E-state index contributed by atoms with van der Waals surface area (Å²) in [5.74, 6) is 1.71. The largest absolute Gasteiger partial charge is 0.381 e. The summed E-state index contributed by atoms with van der Waals surface area (Å²) in [5, 5.41) is 3.47. The van der Waals surface area contributed by atoms with Gasteiger partial charge in [0.1, 0.15) is 11.9 Å². The van der Waals surface area contributed by atoms with E-state index in [0.717, 1.165) is 43.1 Å². The number of nitrogens with one attached hydrogen (secondary N) is 1. The lowest BCUT2D eigenvalue weighted by Gasteiger charge is -2.26. The number of fused-ring (bicyclic) bond motifs is 1. The molecule has 1 saturated heterocycles. The van der Waals surface area contributed by atoms with Gasteiger partial charge in [-0.05, 0) is 46.9 Å². The molecule has 2 aliphatic rings. The molecule has 1 N–H and O–H groups in total. The maximum atomic E-state index is 5.68. The molecule has 3 heterocycles. The number of aliphatic imine (C=N–C) groups is 1. The normalized spacial score (nSPS) is 17.8. The van der Waals surface area contributed by atoms with E-state index in [-0.39, 0.29) is 6.10 Å². The van der Waals surface area contributed by atoms with Gasteiger partial charge >= 0.3 is 0 Å². The van der Waals surface area contributed by atoms with Gasteiger partial charge in [0.25, 0.3) is 0 Å². The summed E-state index contributed by atoms with van der Waals surface area (Å²) in [7, 11) is 1.72. The molecule has 3 aromatic rings. The highest BCUT2D eigenvalue weighted by molar-refractivity contribution is 6.03. The number of hydrogen-bond donors (Lipinski definition) is 1. The zero-order valence-electron chi connectivity index (χ0n) is 17.8. The van der Waals surface area contributed by atoms with Crippen LogP contribution in [-0.4, -0.2) is 31.1 Å². The molecule has 31 heavy (non-hydrogen) atoms. The van der Waals surface area contributed by atoms with E-state index < -0.39 is 0 Å². The van der Waals surface area contributed by atoms with Gasteiger partial charge in [-0.15, -0.1) is 0 Å². The highest BCUT2D eigenvalue weighted by atomic mass is 16.5. The first kappa shape index (κ1) is 19.9. The van der Waals surface area contributed by atoms with E-state index in [1.165, 1.54) is 22.4 Å². The molecular formula is C26H27N3O2. The fraction of sp³-hybridized carbons (Fsp3) is 0.308. The molecule has 5 rings (SSSR count). The van der Waals surface area contributed by atoms with E-state index in [1.54, 1.807) is 13.3 Å². The molecule has 5 nitrogen and oxygen atoms in total. The summed E-state index contributed by atoms with van der Waals surface area (Å²) in [6.07, 6.45) is 3.61. The van der Waals surface area contributed by atoms with Crippen molar-refractivity contribution in [3.63, 3.8) is 0 Å². The lowest BCUT2D eigenvalue weighted by Crippen LogP contribution is -2.29. The number of pyridine rings is 1. The molecule has 0 bridgehead atoms. The molecule has 1 aromatic heterocycles. The molecule has 1 unspecified atom stereocenters. The zero-order valence-corrected chi connectivity index (χ0v) is 17.8. The molecular weight excluding hydrogens is 386 g/mol. The Balaban J connectivity index is 1.22. The highest BCUT2D eigenvalue weighted by Gasteiger charge is 2.21. The van der Waals surface area contributed by atoms with E-state index in [9.17, 15) is 0 Å². The van der Waals surface area contributed by atoms with Crippen LogP contribution in [0.4, 0.5) is 5.69 Å². The number of ether oxygens (including phenoxy) is 2. The Hall–Kier alpha value is -3.02. The Morgan fingerprint density at radius 2 is 1.94 bits per heavy atom. The second kappa shape index (κ2) is 9.00. The Bertz CT molecular complexity index is 1060. The van der Waals surface area contributed by atoms with E-state index in [1.807, 2.05) is 18.2 Å². The average Bonchev–Trinajstić information content (AvgIpc) is 3.19. The van der Waals surface area contributed by atoms with Crippen molar-refractivity contribution in [2.75, 3.05) is 25.6 Å². The molecule has 0 saturated carbocycles. The number of aromatic nitrogens is 1. The highest BCUT2D eigenvalue weighted by Crippen LogP contribution is 2.27. The number of methoxy groups -OCH3 is 1. The second-order valence-corrected chi connectivity index (χ2v) is 8.28. The third-order valence-corrected chi connectivity index (χ3v) is 5.97. The predicted molar refractivity (Wildman–Crippen MR) is 122 cm³/mol. The summed E-state index contributed by atoms with van der Waals surface area (Å²) in [6, 6.07) is 21.1. The minimum absolute atomic E-state index is 0.159. The monoisotopic (exact) mass is 413 g/mol. The molecule has 5 heteroatoms. The Kier molecular flexibility index (Phi) is 5.78. The van der Waals surface area contributed by atoms with Crippen molar-refractivity contribution < 1.29 is 9.47 Å². The fourth-order valence-electron chi connectivity index (χ4n) is 4.20. The van der Waals surface area contributed by atoms with Crippen molar-refractivity contribution >= 4 is 11.5 Å². The minimum Gasteiger partial charge on any atom is -0.381 e. The summed E-state index contributed by atoms with van der Waals surface area (Å²) < 4.78 is 11.0. The number of hydrogen-bond acceptors (Lipinski definition) is 4. The SMILES string of the molecule is COC(c1ccc(CN=C2Cc3cc(CC4COC4)ccc3N2)cc1)c1ccccn1. The second-order valence-electron chi connectivity index (χ2n) is 8.28. The number of nitrogens with zero attached hydrogens (tertiary/aromatic N) is 2. The third kappa shape index (κ3) is 4.53.